The van der Waals surface area contributed by atoms with Crippen molar-refractivity contribution in [3.8, 4) is 0 Å². The van der Waals surface area contributed by atoms with E-state index in [1.165, 1.54) is 0 Å². The van der Waals surface area contributed by atoms with Gasteiger partial charge in [-0.25, -0.2) is 0 Å². The molecule has 0 saturated heterocycles. The standard InChI is InChI=1S/C14H14N2O2S/c1-11-4-2-5-12(8-11)16-14(17)10-18-15-9-13-6-3-7-19-13/h2-9H,10H2,1H3,(H,16,17)/b15-9-. The van der Waals surface area contributed by atoms with Crippen molar-refractivity contribution in [3.05, 3.63) is 52.2 Å². The third-order valence-electron chi connectivity index (χ3n) is 2.30. The van der Waals surface area contributed by atoms with Gasteiger partial charge in [0.1, 0.15) is 0 Å². The molecule has 2 rings (SSSR count). The number of hydrogen-bond donors (Lipinski definition) is 1. The number of anilines is 1. The Morgan fingerprint density at radius 1 is 1.42 bits per heavy atom. The predicted molar refractivity (Wildman–Crippen MR) is 77.7 cm³/mol. The van der Waals surface area contributed by atoms with Gasteiger partial charge in [-0.1, -0.05) is 23.4 Å². The Kier molecular flexibility index (Phi) is 4.69. The van der Waals surface area contributed by atoms with Crippen molar-refractivity contribution in [2.75, 3.05) is 11.9 Å². The van der Waals surface area contributed by atoms with E-state index in [-0.39, 0.29) is 12.5 Å². The van der Waals surface area contributed by atoms with E-state index in [1.807, 2.05) is 48.7 Å². The number of aryl methyl sites for hydroxylation is 1. The number of oxime groups is 1. The lowest BCUT2D eigenvalue weighted by molar-refractivity contribution is -0.120. The number of nitrogens with one attached hydrogen (secondary N) is 1. The summed E-state index contributed by atoms with van der Waals surface area (Å²) in [5, 5.41) is 8.43. The van der Waals surface area contributed by atoms with E-state index in [4.69, 9.17) is 4.84 Å². The van der Waals surface area contributed by atoms with Crippen LogP contribution in [0.5, 0.6) is 0 Å². The van der Waals surface area contributed by atoms with E-state index in [0.29, 0.717) is 0 Å². The molecule has 0 atom stereocenters. The summed E-state index contributed by atoms with van der Waals surface area (Å²) < 4.78 is 0. The fraction of sp³-hybridized carbons (Fsp3) is 0.143. The molecule has 0 aliphatic heterocycles. The highest BCUT2D eigenvalue weighted by atomic mass is 32.1. The van der Waals surface area contributed by atoms with Crippen LogP contribution in [0.4, 0.5) is 5.69 Å². The zero-order chi connectivity index (χ0) is 13.5. The Bertz CT molecular complexity index is 565. The summed E-state index contributed by atoms with van der Waals surface area (Å²) in [5.41, 5.74) is 1.85. The molecule has 2 aromatic rings. The number of hydrogen-bond acceptors (Lipinski definition) is 4. The van der Waals surface area contributed by atoms with Gasteiger partial charge < -0.3 is 10.2 Å². The van der Waals surface area contributed by atoms with Crippen LogP contribution in [0, 0.1) is 6.92 Å². The second kappa shape index (κ2) is 6.70. The summed E-state index contributed by atoms with van der Waals surface area (Å²) in [4.78, 5) is 17.5. The van der Waals surface area contributed by atoms with E-state index in [9.17, 15) is 4.79 Å². The monoisotopic (exact) mass is 274 g/mol. The van der Waals surface area contributed by atoms with Gasteiger partial charge in [-0.15, -0.1) is 11.3 Å². The van der Waals surface area contributed by atoms with Crippen molar-refractivity contribution in [1.82, 2.24) is 0 Å². The van der Waals surface area contributed by atoms with Gasteiger partial charge in [-0.2, -0.15) is 0 Å². The topological polar surface area (TPSA) is 50.7 Å². The van der Waals surface area contributed by atoms with Gasteiger partial charge in [0.05, 0.1) is 6.21 Å². The smallest absolute Gasteiger partial charge is 0.265 e. The lowest BCUT2D eigenvalue weighted by Crippen LogP contribution is -2.16. The molecular formula is C14H14N2O2S. The lowest BCUT2D eigenvalue weighted by Gasteiger charge is -2.04. The molecule has 0 aliphatic rings. The first-order chi connectivity index (χ1) is 9.24. The number of carbonyl (C=O) groups excluding carboxylic acids is 1. The highest BCUT2D eigenvalue weighted by molar-refractivity contribution is 7.11. The minimum absolute atomic E-state index is 0.101. The number of carbonyl (C=O) groups is 1. The van der Waals surface area contributed by atoms with Crippen molar-refractivity contribution < 1.29 is 9.63 Å². The van der Waals surface area contributed by atoms with Gasteiger partial charge in [-0.3, -0.25) is 4.79 Å². The number of thiophene rings is 1. The van der Waals surface area contributed by atoms with Crippen molar-refractivity contribution in [2.45, 2.75) is 6.92 Å². The van der Waals surface area contributed by atoms with Crippen LogP contribution in [0.3, 0.4) is 0 Å². The Hall–Kier alpha value is -2.14. The fourth-order valence-electron chi connectivity index (χ4n) is 1.47. The summed E-state index contributed by atoms with van der Waals surface area (Å²) in [6.07, 6.45) is 1.59. The maximum atomic E-state index is 11.6. The first kappa shape index (κ1) is 13.3. The second-order valence-electron chi connectivity index (χ2n) is 3.94. The van der Waals surface area contributed by atoms with Crippen LogP contribution in [-0.2, 0) is 9.63 Å². The maximum Gasteiger partial charge on any atom is 0.265 e. The van der Waals surface area contributed by atoms with Crippen molar-refractivity contribution in [2.24, 2.45) is 5.16 Å². The van der Waals surface area contributed by atoms with Gasteiger partial charge in [-0.05, 0) is 36.1 Å². The van der Waals surface area contributed by atoms with Crippen LogP contribution < -0.4 is 5.32 Å². The van der Waals surface area contributed by atoms with Gasteiger partial charge in [0.25, 0.3) is 5.91 Å². The molecule has 0 saturated carbocycles. The molecule has 5 heteroatoms. The highest BCUT2D eigenvalue weighted by Crippen LogP contribution is 2.09. The van der Waals surface area contributed by atoms with Crippen molar-refractivity contribution in [1.29, 1.82) is 0 Å². The third-order valence-corrected chi connectivity index (χ3v) is 3.10. The largest absolute Gasteiger partial charge is 0.386 e. The summed E-state index contributed by atoms with van der Waals surface area (Å²) in [5.74, 6) is -0.228. The molecule has 0 aliphatic carbocycles. The maximum absolute atomic E-state index is 11.6. The van der Waals surface area contributed by atoms with Crippen LogP contribution in [0.15, 0.2) is 46.9 Å². The first-order valence-electron chi connectivity index (χ1n) is 5.79. The number of nitrogens with zero attached hydrogens (tertiary/aromatic N) is 1. The third kappa shape index (κ3) is 4.56. The SMILES string of the molecule is Cc1cccc(NC(=O)CO/N=C\c2cccs2)c1. The van der Waals surface area contributed by atoms with Crippen LogP contribution in [-0.4, -0.2) is 18.7 Å². The zero-order valence-electron chi connectivity index (χ0n) is 10.5. The Morgan fingerprint density at radius 3 is 3.05 bits per heavy atom. The fourth-order valence-corrected chi connectivity index (χ4v) is 2.05. The lowest BCUT2D eigenvalue weighted by atomic mass is 10.2. The molecule has 1 aromatic carbocycles. The van der Waals surface area contributed by atoms with E-state index >= 15 is 0 Å². The molecule has 1 N–H and O–H groups in total. The number of amides is 1. The molecule has 4 nitrogen and oxygen atoms in total. The summed E-state index contributed by atoms with van der Waals surface area (Å²) in [6, 6.07) is 11.4. The predicted octanol–water partition coefficient (Wildman–Crippen LogP) is 3.05. The molecule has 0 radical (unpaired) electrons. The minimum Gasteiger partial charge on any atom is -0.386 e. The van der Waals surface area contributed by atoms with Crippen molar-refractivity contribution >= 4 is 29.1 Å². The molecular weight excluding hydrogens is 260 g/mol. The van der Waals surface area contributed by atoms with E-state index in [0.717, 1.165) is 16.1 Å². The van der Waals surface area contributed by atoms with Gasteiger partial charge in [0, 0.05) is 10.6 Å². The summed E-state index contributed by atoms with van der Waals surface area (Å²) in [7, 11) is 0. The number of rotatable bonds is 5. The molecule has 1 heterocycles. The average molecular weight is 274 g/mol. The average Bonchev–Trinajstić information content (AvgIpc) is 2.88. The van der Waals surface area contributed by atoms with Crippen molar-refractivity contribution in [3.63, 3.8) is 0 Å². The Balaban J connectivity index is 1.76. The first-order valence-corrected chi connectivity index (χ1v) is 6.67. The number of benzene rings is 1. The molecule has 1 aromatic heterocycles. The zero-order valence-corrected chi connectivity index (χ0v) is 11.3. The molecule has 19 heavy (non-hydrogen) atoms. The molecule has 1 amide bonds. The Morgan fingerprint density at radius 2 is 2.32 bits per heavy atom. The molecule has 0 bridgehead atoms. The van der Waals surface area contributed by atoms with Crippen LogP contribution in [0.2, 0.25) is 0 Å². The summed E-state index contributed by atoms with van der Waals surface area (Å²) in [6.45, 7) is 1.87. The van der Waals surface area contributed by atoms with E-state index < -0.39 is 0 Å². The van der Waals surface area contributed by atoms with E-state index in [1.54, 1.807) is 17.6 Å². The van der Waals surface area contributed by atoms with Gasteiger partial charge in [0.2, 0.25) is 0 Å². The molecule has 0 fully saturated rings. The normalized spacial score (nSPS) is 10.6. The summed E-state index contributed by atoms with van der Waals surface area (Å²) >= 11 is 1.56. The Labute approximate surface area is 115 Å². The van der Waals surface area contributed by atoms with Gasteiger partial charge in [0.15, 0.2) is 6.61 Å². The van der Waals surface area contributed by atoms with Crippen LogP contribution in [0.25, 0.3) is 0 Å². The molecule has 98 valence electrons. The molecule has 0 unspecified atom stereocenters. The van der Waals surface area contributed by atoms with Crippen LogP contribution in [0.1, 0.15) is 10.4 Å². The minimum atomic E-state index is -0.228. The quantitative estimate of drug-likeness (QED) is 0.673. The molecule has 0 spiro atoms. The van der Waals surface area contributed by atoms with E-state index in [2.05, 4.69) is 10.5 Å². The second-order valence-corrected chi connectivity index (χ2v) is 4.92. The van der Waals surface area contributed by atoms with Crippen LogP contribution >= 0.6 is 11.3 Å². The highest BCUT2D eigenvalue weighted by Gasteiger charge is 2.02. The van der Waals surface area contributed by atoms with Gasteiger partial charge >= 0.3 is 0 Å².